The lowest BCUT2D eigenvalue weighted by Crippen LogP contribution is -2.43. The molecule has 0 radical (unpaired) electrons. The molecular weight excluding hydrogens is 627 g/mol. The van der Waals surface area contributed by atoms with Crippen molar-refractivity contribution >= 4 is 40.3 Å². The molecule has 9 heteroatoms. The second-order valence-electron chi connectivity index (χ2n) is 12.0. The van der Waals surface area contributed by atoms with Gasteiger partial charge in [0.15, 0.2) is 5.82 Å². The molecule has 1 atom stereocenters. The quantitative estimate of drug-likeness (QED) is 0.168. The number of hydrogen-bond acceptors (Lipinski definition) is 3. The Labute approximate surface area is 282 Å². The first kappa shape index (κ1) is 31.1. The SMILES string of the molecule is O=C(Nc1nn(C(c2ccccc2)(c2ccccc2)c2ccccc2)c2ccc(-c3c(F)cccc3Cl)cc12)[C@@H]1CCCN(C(=O)O)C1. The van der Waals surface area contributed by atoms with E-state index in [0.29, 0.717) is 35.9 Å². The molecule has 0 unspecified atom stereocenters. The van der Waals surface area contributed by atoms with Crippen LogP contribution < -0.4 is 5.32 Å². The second kappa shape index (κ2) is 13.0. The van der Waals surface area contributed by atoms with Crippen molar-refractivity contribution in [1.82, 2.24) is 14.7 Å². The number of carboxylic acid groups (broad SMARTS) is 1. The topological polar surface area (TPSA) is 87.5 Å². The lowest BCUT2D eigenvalue weighted by Gasteiger charge is -2.37. The molecule has 48 heavy (non-hydrogen) atoms. The number of halogens is 2. The summed E-state index contributed by atoms with van der Waals surface area (Å²) in [6.07, 6.45) is 0.0769. The van der Waals surface area contributed by atoms with E-state index < -0.39 is 23.4 Å². The normalized spacial score (nSPS) is 15.0. The zero-order valence-electron chi connectivity index (χ0n) is 25.9. The molecule has 0 spiro atoms. The Morgan fingerprint density at radius 3 is 2.00 bits per heavy atom. The average molecular weight is 659 g/mol. The van der Waals surface area contributed by atoms with Crippen LogP contribution in [0, 0.1) is 11.7 Å². The van der Waals surface area contributed by atoms with Crippen LogP contribution in [0.5, 0.6) is 0 Å². The van der Waals surface area contributed by atoms with Gasteiger partial charge in [0, 0.05) is 24.0 Å². The number of carbonyl (C=O) groups is 2. The number of benzene rings is 5. The van der Waals surface area contributed by atoms with E-state index in [4.69, 9.17) is 16.7 Å². The molecule has 2 amide bonds. The third-order valence-corrected chi connectivity index (χ3v) is 9.44. The predicted molar refractivity (Wildman–Crippen MR) is 186 cm³/mol. The van der Waals surface area contributed by atoms with Crippen LogP contribution in [0.15, 0.2) is 127 Å². The van der Waals surface area contributed by atoms with Gasteiger partial charge in [-0.2, -0.15) is 5.10 Å². The summed E-state index contributed by atoms with van der Waals surface area (Å²) in [7, 11) is 0. The highest BCUT2D eigenvalue weighted by Crippen LogP contribution is 2.44. The van der Waals surface area contributed by atoms with E-state index in [9.17, 15) is 14.7 Å². The summed E-state index contributed by atoms with van der Waals surface area (Å²) in [6, 6.07) is 40.2. The first-order chi connectivity index (χ1) is 23.4. The molecule has 2 heterocycles. The molecule has 1 aromatic heterocycles. The number of amides is 2. The Bertz CT molecular complexity index is 1990. The maximum Gasteiger partial charge on any atom is 0.407 e. The van der Waals surface area contributed by atoms with Crippen molar-refractivity contribution in [2.75, 3.05) is 18.4 Å². The van der Waals surface area contributed by atoms with E-state index in [1.54, 1.807) is 18.2 Å². The Balaban J connectivity index is 1.49. The van der Waals surface area contributed by atoms with Crippen LogP contribution in [-0.4, -0.2) is 44.9 Å². The van der Waals surface area contributed by atoms with E-state index in [0.717, 1.165) is 16.7 Å². The Morgan fingerprint density at radius 2 is 1.44 bits per heavy atom. The van der Waals surface area contributed by atoms with E-state index in [2.05, 4.69) is 41.7 Å². The molecule has 1 saturated heterocycles. The van der Waals surface area contributed by atoms with E-state index in [1.807, 2.05) is 71.4 Å². The number of aromatic nitrogens is 2. The summed E-state index contributed by atoms with van der Waals surface area (Å²) < 4.78 is 17.1. The van der Waals surface area contributed by atoms with Gasteiger partial charge in [-0.05, 0) is 59.4 Å². The van der Waals surface area contributed by atoms with Crippen molar-refractivity contribution in [3.63, 3.8) is 0 Å². The summed E-state index contributed by atoms with van der Waals surface area (Å²) >= 11 is 6.51. The van der Waals surface area contributed by atoms with Gasteiger partial charge >= 0.3 is 6.09 Å². The number of piperidine rings is 1. The first-order valence-corrected chi connectivity index (χ1v) is 16.2. The van der Waals surface area contributed by atoms with Gasteiger partial charge in [-0.25, -0.2) is 13.9 Å². The lowest BCUT2D eigenvalue weighted by atomic mass is 9.77. The number of rotatable bonds is 7. The van der Waals surface area contributed by atoms with E-state index in [1.165, 1.54) is 11.0 Å². The number of nitrogens with zero attached hydrogens (tertiary/aromatic N) is 3. The average Bonchev–Trinajstić information content (AvgIpc) is 3.47. The molecule has 0 aliphatic carbocycles. The highest BCUT2D eigenvalue weighted by Gasteiger charge is 2.41. The van der Waals surface area contributed by atoms with Crippen LogP contribution in [0.25, 0.3) is 22.0 Å². The maximum absolute atomic E-state index is 15.2. The summed E-state index contributed by atoms with van der Waals surface area (Å²) in [5, 5.41) is 18.7. The fraction of sp³-hybridized carbons (Fsp3) is 0.154. The third kappa shape index (κ3) is 5.48. The van der Waals surface area contributed by atoms with Gasteiger partial charge in [0.2, 0.25) is 5.91 Å². The minimum atomic E-state index is -1.05. The van der Waals surface area contributed by atoms with Crippen LogP contribution in [0.2, 0.25) is 5.02 Å². The van der Waals surface area contributed by atoms with Gasteiger partial charge in [-0.15, -0.1) is 0 Å². The molecule has 7 nitrogen and oxygen atoms in total. The smallest absolute Gasteiger partial charge is 0.407 e. The summed E-state index contributed by atoms with van der Waals surface area (Å²) in [5.41, 5.74) is 3.29. The highest BCUT2D eigenvalue weighted by atomic mass is 35.5. The Morgan fingerprint density at radius 1 is 0.833 bits per heavy atom. The van der Waals surface area contributed by atoms with Gasteiger partial charge in [0.25, 0.3) is 0 Å². The van der Waals surface area contributed by atoms with Crippen LogP contribution in [0.1, 0.15) is 29.5 Å². The zero-order chi connectivity index (χ0) is 33.3. The molecule has 1 aliphatic rings. The van der Waals surface area contributed by atoms with Gasteiger partial charge in [0.1, 0.15) is 11.4 Å². The largest absolute Gasteiger partial charge is 0.465 e. The summed E-state index contributed by atoms with van der Waals surface area (Å²) in [5.74, 6) is -1.07. The highest BCUT2D eigenvalue weighted by molar-refractivity contribution is 6.33. The number of fused-ring (bicyclic) bond motifs is 1. The molecule has 5 aromatic carbocycles. The second-order valence-corrected chi connectivity index (χ2v) is 12.4. The summed E-state index contributed by atoms with van der Waals surface area (Å²) in [4.78, 5) is 26.9. The van der Waals surface area contributed by atoms with Crippen molar-refractivity contribution in [3.05, 3.63) is 155 Å². The molecule has 0 saturated carbocycles. The van der Waals surface area contributed by atoms with Crippen LogP contribution >= 0.6 is 11.6 Å². The van der Waals surface area contributed by atoms with Crippen LogP contribution in [0.3, 0.4) is 0 Å². The first-order valence-electron chi connectivity index (χ1n) is 15.8. The van der Waals surface area contributed by atoms with Crippen molar-refractivity contribution < 1.29 is 19.1 Å². The molecule has 1 aliphatic heterocycles. The minimum Gasteiger partial charge on any atom is -0.465 e. The van der Waals surface area contributed by atoms with E-state index >= 15 is 4.39 Å². The number of nitrogens with one attached hydrogen (secondary N) is 1. The van der Waals surface area contributed by atoms with Crippen molar-refractivity contribution in [2.24, 2.45) is 5.92 Å². The lowest BCUT2D eigenvalue weighted by molar-refractivity contribution is -0.121. The summed E-state index contributed by atoms with van der Waals surface area (Å²) in [6.45, 7) is 0.481. The van der Waals surface area contributed by atoms with E-state index in [-0.39, 0.29) is 28.9 Å². The monoisotopic (exact) mass is 658 g/mol. The minimum absolute atomic E-state index is 0.0951. The van der Waals surface area contributed by atoms with Gasteiger partial charge in [-0.1, -0.05) is 115 Å². The van der Waals surface area contributed by atoms with Crippen LogP contribution in [0.4, 0.5) is 15.0 Å². The Kier molecular flexibility index (Phi) is 8.41. The fourth-order valence-corrected chi connectivity index (χ4v) is 7.16. The fourth-order valence-electron chi connectivity index (χ4n) is 6.88. The maximum atomic E-state index is 15.2. The number of carbonyl (C=O) groups excluding carboxylic acids is 1. The standard InChI is InChI=1S/C39H32ClFN4O3/c40-32-19-10-20-33(41)35(32)26-21-22-34-31(24-26)36(42-37(46)27-12-11-23-44(25-27)38(47)48)43-45(34)39(28-13-4-1-5-14-28,29-15-6-2-7-16-29)30-17-8-3-9-18-30/h1-10,13-22,24,27H,11-12,23,25H2,(H,47,48)(H,42,43,46)/t27-/m1/s1. The number of likely N-dealkylation sites (tertiary alicyclic amines) is 1. The van der Waals surface area contributed by atoms with Crippen LogP contribution in [-0.2, 0) is 10.3 Å². The third-order valence-electron chi connectivity index (χ3n) is 9.13. The van der Waals surface area contributed by atoms with Crippen molar-refractivity contribution in [2.45, 2.75) is 18.4 Å². The number of anilines is 1. The van der Waals surface area contributed by atoms with Gasteiger partial charge in [-0.3, -0.25) is 4.79 Å². The zero-order valence-corrected chi connectivity index (χ0v) is 26.6. The molecule has 7 rings (SSSR count). The molecule has 240 valence electrons. The van der Waals surface area contributed by atoms with Crippen molar-refractivity contribution in [3.8, 4) is 11.1 Å². The Hall–Kier alpha value is -5.47. The molecular formula is C39H32ClFN4O3. The van der Waals surface area contributed by atoms with Gasteiger partial charge < -0.3 is 15.3 Å². The molecule has 2 N–H and O–H groups in total. The van der Waals surface area contributed by atoms with Gasteiger partial charge in [0.05, 0.1) is 16.5 Å². The predicted octanol–water partition coefficient (Wildman–Crippen LogP) is 8.66. The van der Waals surface area contributed by atoms with Crippen molar-refractivity contribution in [1.29, 1.82) is 0 Å². The number of hydrogen-bond donors (Lipinski definition) is 2. The molecule has 0 bridgehead atoms. The molecule has 6 aromatic rings. The molecule has 1 fully saturated rings.